The Labute approximate surface area is 148 Å². The van der Waals surface area contributed by atoms with Crippen molar-refractivity contribution in [1.82, 2.24) is 0 Å². The highest BCUT2D eigenvalue weighted by Crippen LogP contribution is 2.75. The molecule has 0 aliphatic heterocycles. The second kappa shape index (κ2) is 5.01. The van der Waals surface area contributed by atoms with Crippen LogP contribution in [0.1, 0.15) is 45.4 Å². The number of hydrogen-bond donors (Lipinski definition) is 0. The molecule has 0 amide bonds. The molecule has 0 N–H and O–H groups in total. The maximum atomic E-state index is 12.1. The van der Waals surface area contributed by atoms with E-state index in [0.717, 1.165) is 60.8 Å². The molecule has 25 heavy (non-hydrogen) atoms. The quantitative estimate of drug-likeness (QED) is 0.441. The lowest BCUT2D eigenvalue weighted by molar-refractivity contribution is -0.275. The zero-order valence-electron chi connectivity index (χ0n) is 14.7. The molecule has 0 radical (unpaired) electrons. The molecule has 136 valence electrons. The number of ether oxygens (including phenoxy) is 3. The van der Waals surface area contributed by atoms with Gasteiger partial charge in [0.15, 0.2) is 0 Å². The summed E-state index contributed by atoms with van der Waals surface area (Å²) in [7, 11) is 0. The van der Waals surface area contributed by atoms with Gasteiger partial charge >= 0.3 is 12.1 Å². The minimum absolute atomic E-state index is 0.339. The Balaban J connectivity index is 1.27. The number of esters is 1. The predicted molar refractivity (Wildman–Crippen MR) is 88.2 cm³/mol. The molecule has 7 fully saturated rings. The minimum Gasteiger partial charge on any atom is -0.428 e. The molecule has 7 rings (SSSR count). The fourth-order valence-electron chi connectivity index (χ4n) is 7.74. The lowest BCUT2D eigenvalue weighted by Gasteiger charge is -2.73. The monoisotopic (exact) mass is 346 g/mol. The van der Waals surface area contributed by atoms with Crippen molar-refractivity contribution in [3.05, 3.63) is 12.7 Å². The molecule has 0 saturated heterocycles. The van der Waals surface area contributed by atoms with Crippen LogP contribution in [0.2, 0.25) is 0 Å². The van der Waals surface area contributed by atoms with E-state index in [1.807, 2.05) is 0 Å². The van der Waals surface area contributed by atoms with Crippen LogP contribution in [0, 0.1) is 40.9 Å². The molecule has 0 atom stereocenters. The predicted octanol–water partition coefficient (Wildman–Crippen LogP) is 3.68. The third-order valence-electron chi connectivity index (χ3n) is 8.15. The van der Waals surface area contributed by atoms with Crippen LogP contribution in [0.25, 0.3) is 0 Å². The van der Waals surface area contributed by atoms with E-state index in [1.165, 1.54) is 19.3 Å². The van der Waals surface area contributed by atoms with E-state index in [4.69, 9.17) is 14.2 Å². The summed E-state index contributed by atoms with van der Waals surface area (Å²) in [5, 5.41) is 0. The topological polar surface area (TPSA) is 61.8 Å². The Bertz CT molecular complexity index is 575. The van der Waals surface area contributed by atoms with Gasteiger partial charge in [-0.05, 0) is 79.4 Å². The van der Waals surface area contributed by atoms with Gasteiger partial charge in [0, 0.05) is 6.08 Å². The van der Waals surface area contributed by atoms with E-state index in [-0.39, 0.29) is 5.60 Å². The third kappa shape index (κ3) is 2.20. The average molecular weight is 346 g/mol. The molecular weight excluding hydrogens is 320 g/mol. The van der Waals surface area contributed by atoms with Crippen molar-refractivity contribution in [1.29, 1.82) is 0 Å². The summed E-state index contributed by atoms with van der Waals surface area (Å²) < 4.78 is 15.5. The van der Waals surface area contributed by atoms with Crippen LogP contribution in [-0.2, 0) is 19.0 Å². The summed E-state index contributed by atoms with van der Waals surface area (Å²) in [6, 6.07) is 0. The first-order valence-corrected chi connectivity index (χ1v) is 9.57. The fourth-order valence-corrected chi connectivity index (χ4v) is 7.74. The van der Waals surface area contributed by atoms with Crippen molar-refractivity contribution in [2.45, 2.75) is 51.0 Å². The number of hydrogen-bond acceptors (Lipinski definition) is 5. The van der Waals surface area contributed by atoms with Crippen molar-refractivity contribution in [2.75, 3.05) is 6.79 Å². The maximum Gasteiger partial charge on any atom is 0.511 e. The molecule has 0 spiro atoms. The van der Waals surface area contributed by atoms with E-state index in [9.17, 15) is 9.59 Å². The van der Waals surface area contributed by atoms with Gasteiger partial charge in [-0.1, -0.05) is 13.5 Å². The summed E-state index contributed by atoms with van der Waals surface area (Å²) >= 11 is 0. The molecule has 7 aliphatic rings. The summed E-state index contributed by atoms with van der Waals surface area (Å²) in [6.45, 7) is 5.39. The van der Waals surface area contributed by atoms with E-state index in [1.54, 1.807) is 0 Å². The molecule has 7 saturated carbocycles. The average Bonchev–Trinajstić information content (AvgIpc) is 2.57. The first-order valence-electron chi connectivity index (χ1n) is 9.57. The third-order valence-corrected chi connectivity index (χ3v) is 8.15. The van der Waals surface area contributed by atoms with Gasteiger partial charge in [-0.3, -0.25) is 0 Å². The number of carbonyl (C=O) groups is 2. The fraction of sp³-hybridized carbons (Fsp3) is 0.800. The van der Waals surface area contributed by atoms with Gasteiger partial charge in [0.1, 0.15) is 5.60 Å². The van der Waals surface area contributed by atoms with Gasteiger partial charge in [0.05, 0.1) is 0 Å². The van der Waals surface area contributed by atoms with Gasteiger partial charge in [0.25, 0.3) is 0 Å². The SMILES string of the molecule is C=CC(=O)OCOC(=O)OC12CC3C4CC5(C)CC3C(C1)C(C5)C4C2. The van der Waals surface area contributed by atoms with Crippen molar-refractivity contribution in [3.8, 4) is 0 Å². The van der Waals surface area contributed by atoms with Crippen LogP contribution in [0.15, 0.2) is 12.7 Å². The van der Waals surface area contributed by atoms with Crippen LogP contribution < -0.4 is 0 Å². The Morgan fingerprint density at radius 2 is 1.40 bits per heavy atom. The molecule has 7 aliphatic carbocycles. The van der Waals surface area contributed by atoms with E-state index in [2.05, 4.69) is 13.5 Å². The molecule has 0 aromatic heterocycles. The van der Waals surface area contributed by atoms with E-state index >= 15 is 0 Å². The van der Waals surface area contributed by atoms with Crippen LogP contribution in [0.4, 0.5) is 4.79 Å². The molecule has 0 aromatic rings. The van der Waals surface area contributed by atoms with Crippen LogP contribution in [0.3, 0.4) is 0 Å². The Morgan fingerprint density at radius 3 is 1.88 bits per heavy atom. The van der Waals surface area contributed by atoms with Gasteiger partial charge < -0.3 is 14.2 Å². The first kappa shape index (κ1) is 15.7. The molecule has 5 heteroatoms. The van der Waals surface area contributed by atoms with Gasteiger partial charge in [0.2, 0.25) is 6.79 Å². The Hall–Kier alpha value is -1.52. The van der Waals surface area contributed by atoms with Crippen molar-refractivity contribution < 1.29 is 23.8 Å². The Morgan fingerprint density at radius 1 is 0.920 bits per heavy atom. The van der Waals surface area contributed by atoms with Gasteiger partial charge in [-0.2, -0.15) is 0 Å². The largest absolute Gasteiger partial charge is 0.511 e. The van der Waals surface area contributed by atoms with Gasteiger partial charge in [-0.25, -0.2) is 9.59 Å². The van der Waals surface area contributed by atoms with Crippen LogP contribution >= 0.6 is 0 Å². The lowest BCUT2D eigenvalue weighted by atomic mass is 9.32. The highest BCUT2D eigenvalue weighted by molar-refractivity contribution is 5.81. The number of rotatable bonds is 4. The molecular formula is C20H26O5. The summed E-state index contributed by atoms with van der Waals surface area (Å²) in [6.07, 6.45) is 7.46. The number of carbonyl (C=O) groups excluding carboxylic acids is 2. The summed E-state index contributed by atoms with van der Waals surface area (Å²) in [5.74, 6) is 4.13. The van der Waals surface area contributed by atoms with E-state index in [0.29, 0.717) is 5.41 Å². The maximum absolute atomic E-state index is 12.1. The zero-order valence-corrected chi connectivity index (χ0v) is 14.7. The molecule has 0 heterocycles. The van der Waals surface area contributed by atoms with Gasteiger partial charge in [-0.15, -0.1) is 0 Å². The van der Waals surface area contributed by atoms with Crippen LogP contribution in [-0.4, -0.2) is 24.5 Å². The summed E-state index contributed by atoms with van der Waals surface area (Å²) in [4.78, 5) is 23.1. The minimum atomic E-state index is -0.706. The molecule has 5 nitrogen and oxygen atoms in total. The molecule has 0 unspecified atom stereocenters. The lowest BCUT2D eigenvalue weighted by Crippen LogP contribution is -2.69. The van der Waals surface area contributed by atoms with Crippen molar-refractivity contribution >= 4 is 12.1 Å². The second-order valence-electron chi connectivity index (χ2n) is 9.48. The highest BCUT2D eigenvalue weighted by Gasteiger charge is 2.70. The standard InChI is InChI=1S/C20H26O5/c1-3-17(21)23-10-24-18(22)25-20-7-14-11-4-19(2)5-12(14)16(9-20)13(6-19)15(11)8-20/h3,11-16H,1,4-10H2,2H3. The van der Waals surface area contributed by atoms with Crippen molar-refractivity contribution in [2.24, 2.45) is 40.9 Å². The highest BCUT2D eigenvalue weighted by atomic mass is 16.8. The first-order chi connectivity index (χ1) is 11.9. The smallest absolute Gasteiger partial charge is 0.428 e. The molecule has 0 aromatic carbocycles. The zero-order chi connectivity index (χ0) is 17.4. The van der Waals surface area contributed by atoms with E-state index < -0.39 is 18.9 Å². The molecule has 8 bridgehead atoms. The van der Waals surface area contributed by atoms with Crippen molar-refractivity contribution in [3.63, 3.8) is 0 Å². The van der Waals surface area contributed by atoms with Crippen LogP contribution in [0.5, 0.6) is 0 Å². The Kier molecular flexibility index (Phi) is 3.15. The second-order valence-corrected chi connectivity index (χ2v) is 9.48. The normalized spacial score (nSPS) is 50.6. The summed E-state index contributed by atoms with van der Waals surface area (Å²) in [5.41, 5.74) is 0.240.